The van der Waals surface area contributed by atoms with Crippen LogP contribution in [0.25, 0.3) is 0 Å². The Balaban J connectivity index is 2.19. The highest BCUT2D eigenvalue weighted by molar-refractivity contribution is 9.10. The summed E-state index contributed by atoms with van der Waals surface area (Å²) >= 11 is 9.45. The summed E-state index contributed by atoms with van der Waals surface area (Å²) in [5.74, 6) is 0.538. The number of aromatic hydroxyl groups is 1. The van der Waals surface area contributed by atoms with Gasteiger partial charge in [0, 0.05) is 6.54 Å². The van der Waals surface area contributed by atoms with E-state index in [2.05, 4.69) is 21.2 Å². The largest absolute Gasteiger partial charge is 0.503 e. The molecule has 0 heterocycles. The van der Waals surface area contributed by atoms with Crippen molar-refractivity contribution in [2.75, 3.05) is 12.4 Å². The van der Waals surface area contributed by atoms with Gasteiger partial charge < -0.3 is 15.2 Å². The molecule has 106 valence electrons. The minimum atomic E-state index is 0.102. The van der Waals surface area contributed by atoms with Crippen LogP contribution in [-0.4, -0.2) is 12.2 Å². The Hall–Kier alpha value is -1.39. The number of phenols is 1. The minimum Gasteiger partial charge on any atom is -0.503 e. The van der Waals surface area contributed by atoms with Crippen LogP contribution in [0.5, 0.6) is 11.5 Å². The lowest BCUT2D eigenvalue weighted by Gasteiger charge is -2.12. The smallest absolute Gasteiger partial charge is 0.172 e. The van der Waals surface area contributed by atoms with Crippen molar-refractivity contribution in [1.29, 1.82) is 0 Å². The quantitative estimate of drug-likeness (QED) is 0.831. The first-order valence-electron chi connectivity index (χ1n) is 6.06. The van der Waals surface area contributed by atoms with E-state index in [4.69, 9.17) is 16.3 Å². The molecule has 0 saturated carbocycles. The van der Waals surface area contributed by atoms with E-state index in [-0.39, 0.29) is 5.75 Å². The molecule has 0 aliphatic rings. The summed E-state index contributed by atoms with van der Waals surface area (Å²) < 4.78 is 5.73. The molecule has 0 spiro atoms. The maximum absolute atomic E-state index is 9.77. The Kier molecular flexibility index (Phi) is 4.78. The fourth-order valence-electron chi connectivity index (χ4n) is 1.86. The van der Waals surface area contributed by atoms with Gasteiger partial charge in [0.15, 0.2) is 11.5 Å². The number of nitrogens with one attached hydrogen (secondary N) is 1. The Morgan fingerprint density at radius 1 is 1.30 bits per heavy atom. The van der Waals surface area contributed by atoms with Gasteiger partial charge in [-0.05, 0) is 58.2 Å². The van der Waals surface area contributed by atoms with Gasteiger partial charge in [-0.1, -0.05) is 17.7 Å². The highest BCUT2D eigenvalue weighted by Gasteiger charge is 2.09. The molecule has 0 fully saturated rings. The molecule has 0 saturated heterocycles. The van der Waals surface area contributed by atoms with Crippen LogP contribution in [-0.2, 0) is 6.54 Å². The van der Waals surface area contributed by atoms with Crippen molar-refractivity contribution in [2.24, 2.45) is 0 Å². The number of ether oxygens (including phenoxy) is 1. The van der Waals surface area contributed by atoms with E-state index in [9.17, 15) is 5.11 Å². The maximum Gasteiger partial charge on any atom is 0.172 e. The zero-order chi connectivity index (χ0) is 14.7. The van der Waals surface area contributed by atoms with Gasteiger partial charge in [0.1, 0.15) is 0 Å². The molecule has 2 aromatic rings. The van der Waals surface area contributed by atoms with Crippen LogP contribution >= 0.6 is 27.5 Å². The number of hydrogen-bond acceptors (Lipinski definition) is 3. The van der Waals surface area contributed by atoms with Gasteiger partial charge in [0.05, 0.1) is 22.3 Å². The zero-order valence-corrected chi connectivity index (χ0v) is 13.5. The van der Waals surface area contributed by atoms with Gasteiger partial charge in [-0.3, -0.25) is 0 Å². The molecule has 0 amide bonds. The Bertz CT molecular complexity index is 632. The molecule has 0 aromatic heterocycles. The number of aryl methyl sites for hydroxylation is 1. The number of hydrogen-bond donors (Lipinski definition) is 2. The van der Waals surface area contributed by atoms with Crippen molar-refractivity contribution in [1.82, 2.24) is 0 Å². The van der Waals surface area contributed by atoms with Crippen LogP contribution in [0, 0.1) is 6.92 Å². The zero-order valence-electron chi connectivity index (χ0n) is 11.2. The monoisotopic (exact) mass is 355 g/mol. The minimum absolute atomic E-state index is 0.102. The summed E-state index contributed by atoms with van der Waals surface area (Å²) in [5, 5.41) is 13.7. The molecule has 0 atom stereocenters. The van der Waals surface area contributed by atoms with Crippen LogP contribution in [0.2, 0.25) is 5.02 Å². The lowest BCUT2D eigenvalue weighted by atomic mass is 10.2. The molecule has 2 aromatic carbocycles. The van der Waals surface area contributed by atoms with E-state index in [1.54, 1.807) is 6.07 Å². The van der Waals surface area contributed by atoms with Gasteiger partial charge in [-0.25, -0.2) is 0 Å². The Labute approximate surface area is 131 Å². The Morgan fingerprint density at radius 3 is 2.75 bits per heavy atom. The summed E-state index contributed by atoms with van der Waals surface area (Å²) in [7, 11) is 1.52. The van der Waals surface area contributed by atoms with E-state index >= 15 is 0 Å². The molecule has 5 heteroatoms. The van der Waals surface area contributed by atoms with Crippen molar-refractivity contribution >= 4 is 33.2 Å². The van der Waals surface area contributed by atoms with Gasteiger partial charge in [0.25, 0.3) is 0 Å². The summed E-state index contributed by atoms with van der Waals surface area (Å²) in [6, 6.07) is 9.46. The molecule has 0 unspecified atom stereocenters. The number of benzene rings is 2. The van der Waals surface area contributed by atoms with Crippen LogP contribution in [0.15, 0.2) is 34.8 Å². The van der Waals surface area contributed by atoms with Crippen molar-refractivity contribution in [3.63, 3.8) is 0 Å². The second kappa shape index (κ2) is 6.37. The highest BCUT2D eigenvalue weighted by atomic mass is 79.9. The SMILES string of the molecule is COc1cc(CNc2cc(C)ccc2Cl)cc(Br)c1O. The topological polar surface area (TPSA) is 41.5 Å². The third kappa shape index (κ3) is 3.38. The first-order valence-corrected chi connectivity index (χ1v) is 7.23. The summed E-state index contributed by atoms with van der Waals surface area (Å²) in [5.41, 5.74) is 3.00. The number of anilines is 1. The van der Waals surface area contributed by atoms with Crippen molar-refractivity contribution in [3.8, 4) is 11.5 Å². The number of methoxy groups -OCH3 is 1. The Morgan fingerprint density at radius 2 is 2.05 bits per heavy atom. The molecule has 20 heavy (non-hydrogen) atoms. The number of rotatable bonds is 4. The molecule has 0 radical (unpaired) electrons. The van der Waals surface area contributed by atoms with Crippen LogP contribution in [0.4, 0.5) is 5.69 Å². The molecular formula is C15H15BrClNO2. The fourth-order valence-corrected chi connectivity index (χ4v) is 2.53. The van der Waals surface area contributed by atoms with Crippen LogP contribution in [0.3, 0.4) is 0 Å². The predicted octanol–water partition coefficient (Wildman–Crippen LogP) is 4.74. The molecule has 0 bridgehead atoms. The second-order valence-corrected chi connectivity index (χ2v) is 5.73. The third-order valence-electron chi connectivity index (χ3n) is 2.91. The van der Waals surface area contributed by atoms with Crippen molar-refractivity contribution < 1.29 is 9.84 Å². The fraction of sp³-hybridized carbons (Fsp3) is 0.200. The van der Waals surface area contributed by atoms with Crippen LogP contribution in [0.1, 0.15) is 11.1 Å². The van der Waals surface area contributed by atoms with Gasteiger partial charge in [0.2, 0.25) is 0 Å². The first kappa shape index (κ1) is 15.0. The normalized spacial score (nSPS) is 10.4. The predicted molar refractivity (Wildman–Crippen MR) is 85.9 cm³/mol. The number of halogens is 2. The van der Waals surface area contributed by atoms with E-state index in [1.165, 1.54) is 7.11 Å². The molecule has 0 aliphatic carbocycles. The average Bonchev–Trinajstić information content (AvgIpc) is 2.43. The van der Waals surface area contributed by atoms with E-state index in [0.29, 0.717) is 21.8 Å². The number of phenolic OH excluding ortho intramolecular Hbond substituents is 1. The van der Waals surface area contributed by atoms with Crippen molar-refractivity contribution in [3.05, 3.63) is 51.0 Å². The summed E-state index contributed by atoms with van der Waals surface area (Å²) in [6.45, 7) is 2.60. The molecular weight excluding hydrogens is 342 g/mol. The van der Waals surface area contributed by atoms with Gasteiger partial charge in [-0.15, -0.1) is 0 Å². The van der Waals surface area contributed by atoms with E-state index in [0.717, 1.165) is 16.8 Å². The lowest BCUT2D eigenvalue weighted by molar-refractivity contribution is 0.371. The second-order valence-electron chi connectivity index (χ2n) is 4.47. The summed E-state index contributed by atoms with van der Waals surface area (Å²) in [4.78, 5) is 0. The van der Waals surface area contributed by atoms with Crippen molar-refractivity contribution in [2.45, 2.75) is 13.5 Å². The van der Waals surface area contributed by atoms with Gasteiger partial charge in [-0.2, -0.15) is 0 Å². The van der Waals surface area contributed by atoms with Crippen LogP contribution < -0.4 is 10.1 Å². The highest BCUT2D eigenvalue weighted by Crippen LogP contribution is 2.35. The molecule has 3 nitrogen and oxygen atoms in total. The van der Waals surface area contributed by atoms with E-state index < -0.39 is 0 Å². The third-order valence-corrected chi connectivity index (χ3v) is 3.85. The molecule has 2 N–H and O–H groups in total. The molecule has 2 rings (SSSR count). The lowest BCUT2D eigenvalue weighted by Crippen LogP contribution is -2.01. The molecule has 0 aliphatic heterocycles. The first-order chi connectivity index (χ1) is 9.51. The van der Waals surface area contributed by atoms with Gasteiger partial charge >= 0.3 is 0 Å². The maximum atomic E-state index is 9.77. The summed E-state index contributed by atoms with van der Waals surface area (Å²) in [6.07, 6.45) is 0. The standard InChI is InChI=1S/C15H15BrClNO2/c1-9-3-4-12(17)13(5-9)18-8-10-6-11(16)15(19)14(7-10)20-2/h3-7,18-19H,8H2,1-2H3. The van der Waals surface area contributed by atoms with E-state index in [1.807, 2.05) is 31.2 Å². The average molecular weight is 357 g/mol.